The number of anilines is 1. The lowest BCUT2D eigenvalue weighted by atomic mass is 10.1. The first kappa shape index (κ1) is 24.5. The number of pyridine rings is 3. The molecule has 10 nitrogen and oxygen atoms in total. The molecular formula is C30H20N8O2S. The standard InChI is InChI=1S/C30H20N8O2S/c1-16(39)25-7-8-26(41-25)21-13-32-14-24-27(21)36-29(35-24)28-20-10-22(33-15-23(20)37-38-28)18-9-19(12-31-11-18)34-30(40)17-5-3-2-4-6-17/h2-15H,1H3,(H,34,40)(H,35,36)(H,37,38). The number of aromatic amines is 2. The van der Waals surface area contributed by atoms with Crippen LogP contribution in [0.5, 0.6) is 0 Å². The van der Waals surface area contributed by atoms with Crippen LogP contribution in [0.3, 0.4) is 0 Å². The van der Waals surface area contributed by atoms with Gasteiger partial charge < -0.3 is 10.3 Å². The Labute approximate surface area is 236 Å². The minimum absolute atomic E-state index is 0.0239. The van der Waals surface area contributed by atoms with E-state index in [1.807, 2.05) is 42.5 Å². The predicted molar refractivity (Wildman–Crippen MR) is 158 cm³/mol. The molecular weight excluding hydrogens is 536 g/mol. The lowest BCUT2D eigenvalue weighted by Gasteiger charge is -2.07. The Balaban J connectivity index is 1.24. The zero-order chi connectivity index (χ0) is 27.9. The molecule has 0 bridgehead atoms. The highest BCUT2D eigenvalue weighted by atomic mass is 32.1. The summed E-state index contributed by atoms with van der Waals surface area (Å²) in [6.45, 7) is 1.56. The van der Waals surface area contributed by atoms with Gasteiger partial charge in [-0.3, -0.25) is 29.6 Å². The molecule has 0 aliphatic carbocycles. The maximum absolute atomic E-state index is 12.6. The number of Topliss-reactive ketones (excluding diaryl/α,β-unsaturated/α-hetero) is 1. The number of carbonyl (C=O) groups is 2. The third-order valence-electron chi connectivity index (χ3n) is 6.61. The van der Waals surface area contributed by atoms with Crippen molar-refractivity contribution in [1.29, 1.82) is 0 Å². The Morgan fingerprint density at radius 3 is 2.59 bits per heavy atom. The van der Waals surface area contributed by atoms with Gasteiger partial charge in [-0.05, 0) is 43.3 Å². The van der Waals surface area contributed by atoms with Crippen LogP contribution >= 0.6 is 11.3 Å². The molecule has 6 heterocycles. The number of benzene rings is 1. The molecule has 0 fully saturated rings. The van der Waals surface area contributed by atoms with E-state index in [2.05, 4.69) is 35.5 Å². The topological polar surface area (TPSA) is 142 Å². The molecule has 0 aliphatic heterocycles. The molecule has 41 heavy (non-hydrogen) atoms. The monoisotopic (exact) mass is 556 g/mol. The molecule has 0 radical (unpaired) electrons. The molecule has 0 aliphatic rings. The van der Waals surface area contributed by atoms with E-state index >= 15 is 0 Å². The van der Waals surface area contributed by atoms with E-state index in [0.29, 0.717) is 33.3 Å². The van der Waals surface area contributed by atoms with Gasteiger partial charge in [0.15, 0.2) is 11.6 Å². The van der Waals surface area contributed by atoms with Gasteiger partial charge in [-0.25, -0.2) is 4.98 Å². The fourth-order valence-electron chi connectivity index (χ4n) is 4.59. The van der Waals surface area contributed by atoms with Crippen LogP contribution in [-0.2, 0) is 0 Å². The Morgan fingerprint density at radius 1 is 0.902 bits per heavy atom. The number of H-pyrrole nitrogens is 2. The zero-order valence-electron chi connectivity index (χ0n) is 21.5. The number of hydrogen-bond donors (Lipinski definition) is 3. The maximum atomic E-state index is 12.6. The SMILES string of the molecule is CC(=O)c1ccc(-c2cncc3[nH]c(-c4n[nH]c5cnc(-c6cncc(NC(=O)c7ccccc7)c6)cc45)nc23)s1. The molecule has 6 aromatic heterocycles. The highest BCUT2D eigenvalue weighted by Gasteiger charge is 2.18. The second kappa shape index (κ2) is 9.88. The summed E-state index contributed by atoms with van der Waals surface area (Å²) in [5, 5.41) is 11.3. The average molecular weight is 557 g/mol. The van der Waals surface area contributed by atoms with Gasteiger partial charge in [-0.2, -0.15) is 5.10 Å². The van der Waals surface area contributed by atoms with Crippen molar-refractivity contribution < 1.29 is 9.59 Å². The lowest BCUT2D eigenvalue weighted by molar-refractivity contribution is 0.101. The summed E-state index contributed by atoms with van der Waals surface area (Å²) >= 11 is 1.42. The van der Waals surface area contributed by atoms with Crippen LogP contribution in [0.1, 0.15) is 27.0 Å². The molecule has 1 aromatic carbocycles. The quantitative estimate of drug-likeness (QED) is 0.209. The summed E-state index contributed by atoms with van der Waals surface area (Å²) in [7, 11) is 0. The highest BCUT2D eigenvalue weighted by Crippen LogP contribution is 2.35. The van der Waals surface area contributed by atoms with Gasteiger partial charge in [0.25, 0.3) is 5.91 Å². The molecule has 0 spiro atoms. The number of imidazole rings is 1. The Morgan fingerprint density at radius 2 is 1.76 bits per heavy atom. The molecule has 0 atom stereocenters. The third kappa shape index (κ3) is 4.53. The number of ketones is 1. The molecule has 7 aromatic rings. The summed E-state index contributed by atoms with van der Waals surface area (Å²) in [4.78, 5) is 47.5. The fraction of sp³-hybridized carbons (Fsp3) is 0.0333. The molecule has 7 rings (SSSR count). The third-order valence-corrected chi connectivity index (χ3v) is 7.83. The van der Waals surface area contributed by atoms with Crippen LogP contribution in [0.4, 0.5) is 5.69 Å². The molecule has 0 saturated carbocycles. The first-order chi connectivity index (χ1) is 20.0. The smallest absolute Gasteiger partial charge is 0.255 e. The summed E-state index contributed by atoms with van der Waals surface area (Å²) in [5.41, 5.74) is 6.22. The van der Waals surface area contributed by atoms with Crippen molar-refractivity contribution >= 4 is 50.7 Å². The van der Waals surface area contributed by atoms with Gasteiger partial charge in [0.1, 0.15) is 11.2 Å². The highest BCUT2D eigenvalue weighted by molar-refractivity contribution is 7.17. The average Bonchev–Trinajstić information content (AvgIpc) is 3.75. The normalized spacial score (nSPS) is 11.2. The summed E-state index contributed by atoms with van der Waals surface area (Å²) in [6.07, 6.45) is 8.48. The molecule has 11 heteroatoms. The first-order valence-electron chi connectivity index (χ1n) is 12.6. The van der Waals surface area contributed by atoms with E-state index in [9.17, 15) is 9.59 Å². The molecule has 3 N–H and O–H groups in total. The Kier molecular flexibility index (Phi) is 5.90. The van der Waals surface area contributed by atoms with Crippen LogP contribution in [0.15, 0.2) is 85.6 Å². The molecule has 0 saturated heterocycles. The van der Waals surface area contributed by atoms with Crippen LogP contribution in [-0.4, -0.2) is 46.8 Å². The van der Waals surface area contributed by atoms with Crippen LogP contribution in [0, 0.1) is 0 Å². The minimum Gasteiger partial charge on any atom is -0.335 e. The maximum Gasteiger partial charge on any atom is 0.255 e. The van der Waals surface area contributed by atoms with E-state index in [4.69, 9.17) is 4.98 Å². The first-order valence-corrected chi connectivity index (χ1v) is 13.5. The van der Waals surface area contributed by atoms with Crippen molar-refractivity contribution in [1.82, 2.24) is 35.1 Å². The number of fused-ring (bicyclic) bond motifs is 2. The minimum atomic E-state index is -0.219. The second-order valence-electron chi connectivity index (χ2n) is 9.36. The van der Waals surface area contributed by atoms with Crippen molar-refractivity contribution in [2.24, 2.45) is 0 Å². The van der Waals surface area contributed by atoms with Gasteiger partial charge in [-0.15, -0.1) is 11.3 Å². The second-order valence-corrected chi connectivity index (χ2v) is 10.4. The summed E-state index contributed by atoms with van der Waals surface area (Å²) in [5.74, 6) is 0.378. The largest absolute Gasteiger partial charge is 0.335 e. The number of aromatic nitrogens is 7. The molecule has 1 amide bonds. The van der Waals surface area contributed by atoms with E-state index in [0.717, 1.165) is 37.9 Å². The van der Waals surface area contributed by atoms with Crippen molar-refractivity contribution in [3.05, 3.63) is 96.0 Å². The Bertz CT molecular complexity index is 2090. The van der Waals surface area contributed by atoms with Crippen LogP contribution in [0.2, 0.25) is 0 Å². The lowest BCUT2D eigenvalue weighted by Crippen LogP contribution is -2.11. The Hall–Kier alpha value is -5.55. The summed E-state index contributed by atoms with van der Waals surface area (Å²) < 4.78 is 0. The van der Waals surface area contributed by atoms with Crippen molar-refractivity contribution in [2.45, 2.75) is 6.92 Å². The van der Waals surface area contributed by atoms with Crippen molar-refractivity contribution in [3.8, 4) is 33.2 Å². The van der Waals surface area contributed by atoms with Gasteiger partial charge in [0.2, 0.25) is 0 Å². The number of nitrogens with one attached hydrogen (secondary N) is 3. The fourth-order valence-corrected chi connectivity index (χ4v) is 5.51. The predicted octanol–water partition coefficient (Wildman–Crippen LogP) is 6.14. The number of carbonyl (C=O) groups excluding carboxylic acids is 2. The number of rotatable bonds is 6. The van der Waals surface area contributed by atoms with Crippen molar-refractivity contribution in [3.63, 3.8) is 0 Å². The van der Waals surface area contributed by atoms with Gasteiger partial charge in [-0.1, -0.05) is 18.2 Å². The van der Waals surface area contributed by atoms with Crippen LogP contribution in [0.25, 0.3) is 55.2 Å². The zero-order valence-corrected chi connectivity index (χ0v) is 22.4. The number of hydrogen-bond acceptors (Lipinski definition) is 8. The number of amides is 1. The molecule has 198 valence electrons. The van der Waals surface area contributed by atoms with Gasteiger partial charge >= 0.3 is 0 Å². The number of thiophene rings is 1. The van der Waals surface area contributed by atoms with E-state index in [-0.39, 0.29) is 11.7 Å². The van der Waals surface area contributed by atoms with E-state index < -0.39 is 0 Å². The number of nitrogens with zero attached hydrogens (tertiary/aromatic N) is 5. The van der Waals surface area contributed by atoms with Crippen LogP contribution < -0.4 is 5.32 Å². The molecule has 0 unspecified atom stereocenters. The van der Waals surface area contributed by atoms with Crippen molar-refractivity contribution in [2.75, 3.05) is 5.32 Å². The van der Waals surface area contributed by atoms with Gasteiger partial charge in [0, 0.05) is 39.3 Å². The van der Waals surface area contributed by atoms with E-state index in [1.54, 1.807) is 50.0 Å². The van der Waals surface area contributed by atoms with E-state index in [1.165, 1.54) is 11.3 Å². The summed E-state index contributed by atoms with van der Waals surface area (Å²) in [6, 6.07) is 16.5. The van der Waals surface area contributed by atoms with Gasteiger partial charge in [0.05, 0.1) is 45.9 Å².